The van der Waals surface area contributed by atoms with Crippen LogP contribution in [0.5, 0.6) is 0 Å². The van der Waals surface area contributed by atoms with E-state index >= 15 is 0 Å². The van der Waals surface area contributed by atoms with Gasteiger partial charge in [0.1, 0.15) is 6.10 Å². The second-order valence-corrected chi connectivity index (χ2v) is 4.54. The summed E-state index contributed by atoms with van der Waals surface area (Å²) in [4.78, 5) is 10.5. The highest BCUT2D eigenvalue weighted by Crippen LogP contribution is 2.13. The first kappa shape index (κ1) is 16.4. The molecule has 0 aliphatic carbocycles. The van der Waals surface area contributed by atoms with Crippen LogP contribution in [0.1, 0.15) is 46.5 Å². The number of carbonyl (C=O) groups is 1. The van der Waals surface area contributed by atoms with Crippen molar-refractivity contribution < 1.29 is 24.9 Å². The number of hydrogen-bond donors (Lipinski definition) is 3. The van der Waals surface area contributed by atoms with Gasteiger partial charge in [-0.2, -0.15) is 0 Å². The molecule has 5 nitrogen and oxygen atoms in total. The first-order valence-corrected chi connectivity index (χ1v) is 6.08. The zero-order valence-electron chi connectivity index (χ0n) is 10.8. The molecule has 0 aromatic heterocycles. The van der Waals surface area contributed by atoms with E-state index in [1.165, 1.54) is 0 Å². The van der Waals surface area contributed by atoms with Crippen LogP contribution in [0.15, 0.2) is 0 Å². The van der Waals surface area contributed by atoms with Crippen molar-refractivity contribution in [2.75, 3.05) is 0 Å². The van der Waals surface area contributed by atoms with Crippen molar-refractivity contribution in [2.45, 2.75) is 70.9 Å². The van der Waals surface area contributed by atoms with Gasteiger partial charge >= 0.3 is 5.97 Å². The van der Waals surface area contributed by atoms with Gasteiger partial charge in [0.05, 0.1) is 24.7 Å². The molecule has 1 rings (SSSR count). The van der Waals surface area contributed by atoms with Crippen molar-refractivity contribution >= 4 is 5.97 Å². The normalized spacial score (nSPS) is 27.5. The second kappa shape index (κ2) is 8.44. The van der Waals surface area contributed by atoms with Crippen LogP contribution in [-0.4, -0.2) is 45.7 Å². The molecule has 4 atom stereocenters. The second-order valence-electron chi connectivity index (χ2n) is 4.54. The summed E-state index contributed by atoms with van der Waals surface area (Å²) < 4.78 is 4.76. The fraction of sp³-hybridized carbons (Fsp3) is 0.917. The Labute approximate surface area is 102 Å². The lowest BCUT2D eigenvalue weighted by atomic mass is 10.1. The van der Waals surface area contributed by atoms with E-state index in [4.69, 9.17) is 20.1 Å². The summed E-state index contributed by atoms with van der Waals surface area (Å²) in [5, 5.41) is 26.5. The number of aliphatic hydroxyl groups is 3. The molecule has 0 aromatic carbocycles. The Kier molecular flexibility index (Phi) is 8.12. The lowest BCUT2D eigenvalue weighted by Gasteiger charge is -2.22. The molecule has 1 fully saturated rings. The number of carbonyl (C=O) groups excluding carboxylic acids is 1. The minimum absolute atomic E-state index is 0.110. The maximum absolute atomic E-state index is 10.5. The van der Waals surface area contributed by atoms with Crippen LogP contribution in [0, 0.1) is 0 Å². The van der Waals surface area contributed by atoms with Crippen LogP contribution in [0.25, 0.3) is 0 Å². The summed E-state index contributed by atoms with van der Waals surface area (Å²) in [6, 6.07) is 0. The molecule has 0 aromatic rings. The third kappa shape index (κ3) is 9.09. The van der Waals surface area contributed by atoms with Gasteiger partial charge in [-0.1, -0.05) is 6.92 Å². The van der Waals surface area contributed by atoms with Crippen molar-refractivity contribution in [3.05, 3.63) is 0 Å². The maximum Gasteiger partial charge on any atom is 0.308 e. The predicted molar refractivity (Wildman–Crippen MR) is 63.4 cm³/mol. The molecule has 17 heavy (non-hydrogen) atoms. The minimum atomic E-state index is -0.485. The van der Waals surface area contributed by atoms with Crippen LogP contribution in [0.3, 0.4) is 0 Å². The molecule has 0 bridgehead atoms. The van der Waals surface area contributed by atoms with Gasteiger partial charge in [-0.25, -0.2) is 0 Å². The standard InChI is InChI=1S/C6H10O3.C6H14O2/c1-4-2-5(7)3-6(8)9-4;1-3-6(8)4-5(2)7/h4-5,7H,2-3H2,1H3;5-8H,3-4H2,1-2H3/t4-,5-;5-,6+/m11/s1. The highest BCUT2D eigenvalue weighted by molar-refractivity contribution is 5.70. The first-order chi connectivity index (χ1) is 7.85. The lowest BCUT2D eigenvalue weighted by molar-refractivity contribution is -0.158. The molecule has 1 aliphatic rings. The molecule has 0 amide bonds. The number of aliphatic hydroxyl groups excluding tert-OH is 3. The van der Waals surface area contributed by atoms with E-state index in [9.17, 15) is 4.79 Å². The predicted octanol–water partition coefficient (Wildman–Crippen LogP) is 0.601. The molecule has 3 N–H and O–H groups in total. The van der Waals surface area contributed by atoms with Crippen molar-refractivity contribution in [2.24, 2.45) is 0 Å². The zero-order valence-corrected chi connectivity index (χ0v) is 10.8. The number of hydrogen-bond acceptors (Lipinski definition) is 5. The fourth-order valence-electron chi connectivity index (χ4n) is 1.54. The Morgan fingerprint density at radius 1 is 1.47 bits per heavy atom. The van der Waals surface area contributed by atoms with Gasteiger partial charge in [0.15, 0.2) is 0 Å². The van der Waals surface area contributed by atoms with Crippen LogP contribution in [0.2, 0.25) is 0 Å². The molecular formula is C12H24O5. The molecule has 0 saturated carbocycles. The number of cyclic esters (lactones) is 1. The molecule has 0 radical (unpaired) electrons. The van der Waals surface area contributed by atoms with Crippen LogP contribution in [0.4, 0.5) is 0 Å². The van der Waals surface area contributed by atoms with Gasteiger partial charge in [-0.3, -0.25) is 4.79 Å². The number of ether oxygens (including phenoxy) is 1. The van der Waals surface area contributed by atoms with E-state index in [1.54, 1.807) is 13.8 Å². The third-order valence-electron chi connectivity index (χ3n) is 2.42. The smallest absolute Gasteiger partial charge is 0.308 e. The van der Waals surface area contributed by atoms with Crippen molar-refractivity contribution in [3.63, 3.8) is 0 Å². The molecule has 1 aliphatic heterocycles. The van der Waals surface area contributed by atoms with Crippen LogP contribution < -0.4 is 0 Å². The average Bonchev–Trinajstić information content (AvgIpc) is 2.15. The molecular weight excluding hydrogens is 224 g/mol. The maximum atomic E-state index is 10.5. The Hall–Kier alpha value is -0.650. The van der Waals surface area contributed by atoms with Crippen molar-refractivity contribution in [3.8, 4) is 0 Å². The van der Waals surface area contributed by atoms with Gasteiger partial charge in [0.2, 0.25) is 0 Å². The third-order valence-corrected chi connectivity index (χ3v) is 2.42. The zero-order chi connectivity index (χ0) is 13.4. The van der Waals surface area contributed by atoms with Crippen LogP contribution >= 0.6 is 0 Å². The summed E-state index contributed by atoms with van der Waals surface area (Å²) in [7, 11) is 0. The molecule has 0 unspecified atom stereocenters. The SMILES string of the molecule is CC[C@H](O)C[C@@H](C)O.C[C@@H]1C[C@@H](O)CC(=O)O1. The molecule has 1 saturated heterocycles. The molecule has 5 heteroatoms. The number of esters is 1. The first-order valence-electron chi connectivity index (χ1n) is 6.08. The highest BCUT2D eigenvalue weighted by atomic mass is 16.5. The van der Waals surface area contributed by atoms with E-state index in [1.807, 2.05) is 6.92 Å². The molecule has 0 spiro atoms. The molecule has 1 heterocycles. The Bertz CT molecular complexity index is 205. The molecule has 102 valence electrons. The van der Waals surface area contributed by atoms with E-state index < -0.39 is 6.10 Å². The van der Waals surface area contributed by atoms with Gasteiger partial charge in [0, 0.05) is 6.42 Å². The van der Waals surface area contributed by atoms with Gasteiger partial charge in [-0.05, 0) is 26.7 Å². The van der Waals surface area contributed by atoms with Crippen LogP contribution in [-0.2, 0) is 9.53 Å². The minimum Gasteiger partial charge on any atom is -0.462 e. The van der Waals surface area contributed by atoms with Crippen molar-refractivity contribution in [1.29, 1.82) is 0 Å². The van der Waals surface area contributed by atoms with E-state index in [0.717, 1.165) is 6.42 Å². The number of rotatable bonds is 3. The Balaban J connectivity index is 0.000000304. The van der Waals surface area contributed by atoms with E-state index in [2.05, 4.69) is 0 Å². The fourth-order valence-corrected chi connectivity index (χ4v) is 1.54. The summed E-state index contributed by atoms with van der Waals surface area (Å²) in [5.74, 6) is -0.291. The summed E-state index contributed by atoms with van der Waals surface area (Å²) in [6.07, 6.45) is 0.666. The van der Waals surface area contributed by atoms with Crippen molar-refractivity contribution in [1.82, 2.24) is 0 Å². The van der Waals surface area contributed by atoms with Gasteiger partial charge in [-0.15, -0.1) is 0 Å². The van der Waals surface area contributed by atoms with E-state index in [-0.39, 0.29) is 30.7 Å². The van der Waals surface area contributed by atoms with Gasteiger partial charge in [0.25, 0.3) is 0 Å². The van der Waals surface area contributed by atoms with E-state index in [0.29, 0.717) is 12.8 Å². The monoisotopic (exact) mass is 248 g/mol. The summed E-state index contributed by atoms with van der Waals surface area (Å²) in [5.41, 5.74) is 0. The Morgan fingerprint density at radius 3 is 2.35 bits per heavy atom. The topological polar surface area (TPSA) is 87.0 Å². The highest BCUT2D eigenvalue weighted by Gasteiger charge is 2.23. The quantitative estimate of drug-likeness (QED) is 0.637. The largest absolute Gasteiger partial charge is 0.462 e. The Morgan fingerprint density at radius 2 is 2.06 bits per heavy atom. The summed E-state index contributed by atoms with van der Waals surface area (Å²) >= 11 is 0. The lowest BCUT2D eigenvalue weighted by Crippen LogP contribution is -2.30. The average molecular weight is 248 g/mol. The summed E-state index contributed by atoms with van der Waals surface area (Å²) in [6.45, 7) is 5.35. The van der Waals surface area contributed by atoms with Gasteiger partial charge < -0.3 is 20.1 Å².